The molecule has 7 heteroatoms. The van der Waals surface area contributed by atoms with E-state index < -0.39 is 18.2 Å². The number of nitrogens with zero attached hydrogens (tertiary/aromatic N) is 1. The number of pyridine rings is 1. The van der Waals surface area contributed by atoms with Crippen LogP contribution in [0.15, 0.2) is 24.4 Å². The zero-order valence-corrected chi connectivity index (χ0v) is 12.1. The SMILES string of the molecule is O=C(O)Cc1cc(-c2c(Cl)cc(Cl)cc2Cl)ncc1F. The van der Waals surface area contributed by atoms with E-state index >= 15 is 0 Å². The summed E-state index contributed by atoms with van der Waals surface area (Å²) in [6, 6.07) is 4.27. The average molecular weight is 335 g/mol. The molecule has 0 fully saturated rings. The normalized spacial score (nSPS) is 10.6. The maximum absolute atomic E-state index is 13.5. The Hall–Kier alpha value is -1.36. The van der Waals surface area contributed by atoms with Gasteiger partial charge in [0.15, 0.2) is 0 Å². The maximum atomic E-state index is 13.5. The molecule has 3 nitrogen and oxygen atoms in total. The highest BCUT2D eigenvalue weighted by atomic mass is 35.5. The number of aromatic nitrogens is 1. The van der Waals surface area contributed by atoms with Crippen molar-refractivity contribution >= 4 is 40.8 Å². The zero-order valence-electron chi connectivity index (χ0n) is 9.83. The first-order chi connectivity index (χ1) is 9.38. The van der Waals surface area contributed by atoms with Crippen LogP contribution >= 0.6 is 34.8 Å². The second-order valence-electron chi connectivity index (χ2n) is 3.98. The molecule has 1 aromatic heterocycles. The van der Waals surface area contributed by atoms with Gasteiger partial charge >= 0.3 is 5.97 Å². The highest BCUT2D eigenvalue weighted by Crippen LogP contribution is 2.36. The molecular weight excluding hydrogens is 328 g/mol. The lowest BCUT2D eigenvalue weighted by molar-refractivity contribution is -0.136. The van der Waals surface area contributed by atoms with Gasteiger partial charge in [0, 0.05) is 16.1 Å². The molecule has 0 unspecified atom stereocenters. The molecule has 0 spiro atoms. The monoisotopic (exact) mass is 333 g/mol. The molecule has 0 aliphatic carbocycles. The smallest absolute Gasteiger partial charge is 0.307 e. The molecule has 1 N–H and O–H groups in total. The molecule has 104 valence electrons. The average Bonchev–Trinajstić information content (AvgIpc) is 2.31. The summed E-state index contributed by atoms with van der Waals surface area (Å²) in [5, 5.41) is 9.61. The largest absolute Gasteiger partial charge is 0.481 e. The molecule has 20 heavy (non-hydrogen) atoms. The van der Waals surface area contributed by atoms with Crippen molar-refractivity contribution in [1.29, 1.82) is 0 Å². The molecule has 0 saturated heterocycles. The van der Waals surface area contributed by atoms with Crippen molar-refractivity contribution in [2.45, 2.75) is 6.42 Å². The Morgan fingerprint density at radius 1 is 1.20 bits per heavy atom. The van der Waals surface area contributed by atoms with Crippen molar-refractivity contribution in [1.82, 2.24) is 4.98 Å². The van der Waals surface area contributed by atoms with Crippen LogP contribution in [0.4, 0.5) is 4.39 Å². The molecule has 1 aromatic carbocycles. The van der Waals surface area contributed by atoms with Gasteiger partial charge in [-0.1, -0.05) is 34.8 Å². The summed E-state index contributed by atoms with van der Waals surface area (Å²) >= 11 is 17.9. The molecule has 1 heterocycles. The van der Waals surface area contributed by atoms with Crippen LogP contribution in [0.25, 0.3) is 11.3 Å². The number of halogens is 4. The number of hydrogen-bond donors (Lipinski definition) is 1. The fourth-order valence-corrected chi connectivity index (χ4v) is 2.71. The van der Waals surface area contributed by atoms with Gasteiger partial charge in [0.2, 0.25) is 0 Å². The minimum atomic E-state index is -1.14. The quantitative estimate of drug-likeness (QED) is 0.900. The summed E-state index contributed by atoms with van der Waals surface area (Å²) in [4.78, 5) is 14.6. The van der Waals surface area contributed by atoms with Crippen molar-refractivity contribution in [3.05, 3.63) is 50.8 Å². The highest BCUT2D eigenvalue weighted by molar-refractivity contribution is 6.41. The molecule has 0 radical (unpaired) electrons. The van der Waals surface area contributed by atoms with Crippen molar-refractivity contribution in [3.8, 4) is 11.3 Å². The van der Waals surface area contributed by atoms with E-state index in [4.69, 9.17) is 39.9 Å². The van der Waals surface area contributed by atoms with E-state index in [9.17, 15) is 9.18 Å². The number of aliphatic carboxylic acids is 1. The van der Waals surface area contributed by atoms with Gasteiger partial charge in [-0.25, -0.2) is 4.39 Å². The van der Waals surface area contributed by atoms with Crippen molar-refractivity contribution < 1.29 is 14.3 Å². The fraction of sp³-hybridized carbons (Fsp3) is 0.0769. The molecule has 0 amide bonds. The predicted octanol–water partition coefficient (Wildman–Crippen LogP) is 4.48. The summed E-state index contributed by atoms with van der Waals surface area (Å²) in [7, 11) is 0. The van der Waals surface area contributed by atoms with E-state index in [2.05, 4.69) is 4.98 Å². The topological polar surface area (TPSA) is 50.2 Å². The van der Waals surface area contributed by atoms with Crippen LogP contribution in [0.5, 0.6) is 0 Å². The second kappa shape index (κ2) is 5.95. The molecule has 0 aliphatic heterocycles. The van der Waals surface area contributed by atoms with E-state index in [1.54, 1.807) is 0 Å². The van der Waals surface area contributed by atoms with Crippen molar-refractivity contribution in [2.24, 2.45) is 0 Å². The van der Waals surface area contributed by atoms with Crippen LogP contribution < -0.4 is 0 Å². The standard InChI is InChI=1S/C13H7Cl3FNO2/c14-7-3-8(15)13(9(16)4-7)11-1-6(2-12(19)20)10(17)5-18-11/h1,3-5H,2H2,(H,19,20). The minimum Gasteiger partial charge on any atom is -0.481 e. The van der Waals surface area contributed by atoms with Crippen LogP contribution in [0, 0.1) is 5.82 Å². The van der Waals surface area contributed by atoms with Gasteiger partial charge < -0.3 is 5.11 Å². The lowest BCUT2D eigenvalue weighted by Crippen LogP contribution is -2.03. The molecule has 0 bridgehead atoms. The summed E-state index contributed by atoms with van der Waals surface area (Å²) in [5.41, 5.74) is 0.670. The Kier molecular flexibility index (Phi) is 4.48. The van der Waals surface area contributed by atoms with Crippen LogP contribution in [0.2, 0.25) is 15.1 Å². The summed E-state index contributed by atoms with van der Waals surface area (Å²) in [6.45, 7) is 0. The number of benzene rings is 1. The van der Waals surface area contributed by atoms with Gasteiger partial charge in [0.25, 0.3) is 0 Å². The third-order valence-corrected chi connectivity index (χ3v) is 3.35. The number of carboxylic acids is 1. The van der Waals surface area contributed by atoms with Gasteiger partial charge in [0.1, 0.15) is 5.82 Å². The third kappa shape index (κ3) is 3.20. The number of carboxylic acid groups (broad SMARTS) is 1. The van der Waals surface area contributed by atoms with E-state index in [1.165, 1.54) is 18.2 Å². The molecule has 0 saturated carbocycles. The van der Waals surface area contributed by atoms with Crippen LogP contribution in [-0.4, -0.2) is 16.1 Å². The zero-order chi connectivity index (χ0) is 14.9. The first-order valence-corrected chi connectivity index (χ1v) is 6.53. The first-order valence-electron chi connectivity index (χ1n) is 5.39. The van der Waals surface area contributed by atoms with Crippen molar-refractivity contribution in [2.75, 3.05) is 0 Å². The minimum absolute atomic E-state index is 0.00424. The van der Waals surface area contributed by atoms with Crippen molar-refractivity contribution in [3.63, 3.8) is 0 Å². The molecule has 0 aliphatic rings. The summed E-state index contributed by atoms with van der Waals surface area (Å²) < 4.78 is 13.5. The van der Waals surface area contributed by atoms with Gasteiger partial charge in [-0.3, -0.25) is 9.78 Å². The van der Waals surface area contributed by atoms with E-state index in [1.807, 2.05) is 0 Å². The maximum Gasteiger partial charge on any atom is 0.307 e. The van der Waals surface area contributed by atoms with E-state index in [0.29, 0.717) is 10.6 Å². The Bertz CT molecular complexity index is 668. The number of carbonyl (C=O) groups is 1. The second-order valence-corrected chi connectivity index (χ2v) is 5.23. The number of hydrogen-bond acceptors (Lipinski definition) is 2. The van der Waals surface area contributed by atoms with Gasteiger partial charge in [0.05, 0.1) is 28.4 Å². The Balaban J connectivity index is 2.56. The molecular formula is C13H7Cl3FNO2. The van der Waals surface area contributed by atoms with Crippen LogP contribution in [0.3, 0.4) is 0 Å². The summed E-state index contributed by atoms with van der Waals surface area (Å²) in [5.74, 6) is -1.84. The van der Waals surface area contributed by atoms with Gasteiger partial charge in [-0.2, -0.15) is 0 Å². The lowest BCUT2D eigenvalue weighted by atomic mass is 10.1. The Labute approximate surface area is 128 Å². The summed E-state index contributed by atoms with van der Waals surface area (Å²) in [6.07, 6.45) is 0.485. The first kappa shape index (κ1) is 15.0. The van der Waals surface area contributed by atoms with E-state index in [0.717, 1.165) is 6.20 Å². The molecule has 0 atom stereocenters. The van der Waals surface area contributed by atoms with Gasteiger partial charge in [-0.15, -0.1) is 0 Å². The van der Waals surface area contributed by atoms with Crippen LogP contribution in [0.1, 0.15) is 5.56 Å². The predicted molar refractivity (Wildman–Crippen MR) is 76.0 cm³/mol. The fourth-order valence-electron chi connectivity index (χ4n) is 1.70. The third-order valence-electron chi connectivity index (χ3n) is 2.54. The Morgan fingerprint density at radius 2 is 1.80 bits per heavy atom. The highest BCUT2D eigenvalue weighted by Gasteiger charge is 2.15. The molecule has 2 aromatic rings. The lowest BCUT2D eigenvalue weighted by Gasteiger charge is -2.09. The van der Waals surface area contributed by atoms with E-state index in [-0.39, 0.29) is 21.3 Å². The Morgan fingerprint density at radius 3 is 2.35 bits per heavy atom. The van der Waals surface area contributed by atoms with Crippen LogP contribution in [-0.2, 0) is 11.2 Å². The molecule has 2 rings (SSSR count). The van der Waals surface area contributed by atoms with Gasteiger partial charge in [-0.05, 0) is 18.2 Å². The number of rotatable bonds is 3.